The highest BCUT2D eigenvalue weighted by atomic mass is 16.7. The molecule has 2 saturated heterocycles. The first-order valence-corrected chi connectivity index (χ1v) is 7.75. The van der Waals surface area contributed by atoms with Gasteiger partial charge in [0, 0.05) is 33.5 Å². The lowest BCUT2D eigenvalue weighted by Gasteiger charge is -2.60. The summed E-state index contributed by atoms with van der Waals surface area (Å²) in [5.41, 5.74) is 0.536. The Kier molecular flexibility index (Phi) is 2.51. The molecule has 3 spiro atoms. The van der Waals surface area contributed by atoms with Crippen LogP contribution >= 0.6 is 0 Å². The first kappa shape index (κ1) is 12.9. The molecule has 0 aromatic carbocycles. The molecule has 0 aromatic heterocycles. The number of ether oxygens (including phenoxy) is 2. The predicted octanol–water partition coefficient (Wildman–Crippen LogP) is 1.82. The van der Waals surface area contributed by atoms with Crippen molar-refractivity contribution in [3.05, 3.63) is 0 Å². The van der Waals surface area contributed by atoms with Crippen molar-refractivity contribution in [2.45, 2.75) is 49.9 Å². The van der Waals surface area contributed by atoms with Crippen LogP contribution in [0, 0.1) is 5.41 Å². The van der Waals surface area contributed by atoms with Gasteiger partial charge in [-0.3, -0.25) is 0 Å². The summed E-state index contributed by atoms with van der Waals surface area (Å²) in [5, 5.41) is 0. The van der Waals surface area contributed by atoms with Gasteiger partial charge in [-0.15, -0.1) is 0 Å². The molecule has 5 nitrogen and oxygen atoms in total. The van der Waals surface area contributed by atoms with Gasteiger partial charge < -0.3 is 19.3 Å². The maximum absolute atomic E-state index is 12.0. The van der Waals surface area contributed by atoms with E-state index < -0.39 is 0 Å². The van der Waals surface area contributed by atoms with Crippen LogP contribution in [0.5, 0.6) is 0 Å². The van der Waals surface area contributed by atoms with Crippen molar-refractivity contribution in [3.8, 4) is 0 Å². The van der Waals surface area contributed by atoms with Gasteiger partial charge in [-0.2, -0.15) is 0 Å². The Morgan fingerprint density at radius 3 is 2.10 bits per heavy atom. The fraction of sp³-hybridized carbons (Fsp3) is 0.933. The van der Waals surface area contributed by atoms with Crippen molar-refractivity contribution >= 4 is 6.03 Å². The normalized spacial score (nSPS) is 33.4. The van der Waals surface area contributed by atoms with Gasteiger partial charge in [0.25, 0.3) is 0 Å². The van der Waals surface area contributed by atoms with Gasteiger partial charge in [0.2, 0.25) is 0 Å². The van der Waals surface area contributed by atoms with Gasteiger partial charge in [-0.1, -0.05) is 0 Å². The quantitative estimate of drug-likeness (QED) is 0.680. The third kappa shape index (κ3) is 1.59. The number of hydrogen-bond acceptors (Lipinski definition) is 3. The predicted molar refractivity (Wildman–Crippen MR) is 73.3 cm³/mol. The molecule has 2 aliphatic carbocycles. The van der Waals surface area contributed by atoms with Crippen LogP contribution in [-0.2, 0) is 9.47 Å². The van der Waals surface area contributed by atoms with Gasteiger partial charge in [0.1, 0.15) is 0 Å². The summed E-state index contributed by atoms with van der Waals surface area (Å²) in [6.07, 6.45) is 6.72. The van der Waals surface area contributed by atoms with E-state index in [1.54, 1.807) is 0 Å². The molecule has 0 N–H and O–H groups in total. The van der Waals surface area contributed by atoms with E-state index in [1.165, 1.54) is 12.8 Å². The van der Waals surface area contributed by atoms with Crippen molar-refractivity contribution in [3.63, 3.8) is 0 Å². The summed E-state index contributed by atoms with van der Waals surface area (Å²) in [4.78, 5) is 15.8. The molecule has 0 atom stereocenters. The minimum atomic E-state index is -0.262. The van der Waals surface area contributed by atoms with E-state index in [0.29, 0.717) is 5.41 Å². The molecule has 0 radical (unpaired) electrons. The molecule has 2 aliphatic heterocycles. The molecule has 4 rings (SSSR count). The largest absolute Gasteiger partial charge is 0.348 e. The molecule has 112 valence electrons. The lowest BCUT2D eigenvalue weighted by molar-refractivity contribution is -0.209. The number of urea groups is 1. The maximum atomic E-state index is 12.0. The van der Waals surface area contributed by atoms with Crippen LogP contribution in [0.15, 0.2) is 0 Å². The van der Waals surface area contributed by atoms with Crippen molar-refractivity contribution in [2.24, 2.45) is 5.41 Å². The van der Waals surface area contributed by atoms with E-state index in [4.69, 9.17) is 9.47 Å². The molecule has 4 aliphatic rings. The zero-order chi connectivity index (χ0) is 14.0. The van der Waals surface area contributed by atoms with Gasteiger partial charge in [-0.25, -0.2) is 4.79 Å². The summed E-state index contributed by atoms with van der Waals surface area (Å²) in [6, 6.07) is 0.176. The summed E-state index contributed by atoms with van der Waals surface area (Å²) >= 11 is 0. The molecular formula is C15H24N2O3. The Hall–Kier alpha value is -0.810. The highest BCUT2D eigenvalue weighted by Crippen LogP contribution is 2.62. The zero-order valence-corrected chi connectivity index (χ0v) is 12.5. The Labute approximate surface area is 120 Å². The second kappa shape index (κ2) is 3.89. The lowest BCUT2D eigenvalue weighted by Crippen LogP contribution is -2.62. The summed E-state index contributed by atoms with van der Waals surface area (Å²) < 4.78 is 11.6. The van der Waals surface area contributed by atoms with Crippen LogP contribution in [0.1, 0.15) is 38.5 Å². The van der Waals surface area contributed by atoms with E-state index in [1.807, 2.05) is 23.9 Å². The van der Waals surface area contributed by atoms with E-state index in [9.17, 15) is 4.79 Å². The number of likely N-dealkylation sites (N-methyl/N-ethyl adjacent to an activating group) is 2. The molecule has 20 heavy (non-hydrogen) atoms. The second-order valence-corrected chi connectivity index (χ2v) is 7.38. The number of nitrogens with zero attached hydrogens (tertiary/aromatic N) is 2. The van der Waals surface area contributed by atoms with Crippen LogP contribution in [-0.4, -0.2) is 61.0 Å². The smallest absolute Gasteiger partial charge is 0.320 e. The minimum absolute atomic E-state index is 0.105. The number of rotatable bonds is 0. The van der Waals surface area contributed by atoms with Crippen LogP contribution in [0.4, 0.5) is 4.79 Å². The SMILES string of the molecule is CN1CC2(CC3(CCC4(CC3)OCCO4)C2)N(C)C1=O. The van der Waals surface area contributed by atoms with Crippen molar-refractivity contribution in [1.29, 1.82) is 0 Å². The Balaban J connectivity index is 1.43. The molecule has 2 heterocycles. The van der Waals surface area contributed by atoms with Crippen molar-refractivity contribution in [2.75, 3.05) is 33.9 Å². The minimum Gasteiger partial charge on any atom is -0.348 e. The van der Waals surface area contributed by atoms with E-state index >= 15 is 0 Å². The monoisotopic (exact) mass is 280 g/mol. The highest BCUT2D eigenvalue weighted by molar-refractivity contribution is 5.78. The zero-order valence-electron chi connectivity index (χ0n) is 12.5. The first-order valence-electron chi connectivity index (χ1n) is 7.75. The number of carbonyl (C=O) groups excluding carboxylic acids is 1. The molecule has 2 saturated carbocycles. The van der Waals surface area contributed by atoms with Crippen LogP contribution < -0.4 is 0 Å². The second-order valence-electron chi connectivity index (χ2n) is 7.38. The summed E-state index contributed by atoms with van der Waals surface area (Å²) in [6.45, 7) is 2.39. The molecule has 5 heteroatoms. The third-order valence-corrected chi connectivity index (χ3v) is 6.15. The molecule has 0 bridgehead atoms. The van der Waals surface area contributed by atoms with Crippen LogP contribution in [0.3, 0.4) is 0 Å². The highest BCUT2D eigenvalue weighted by Gasteiger charge is 2.63. The fourth-order valence-electron chi connectivity index (χ4n) is 5.07. The first-order chi connectivity index (χ1) is 9.48. The van der Waals surface area contributed by atoms with Crippen LogP contribution in [0.2, 0.25) is 0 Å². The number of carbonyl (C=O) groups is 1. The Bertz CT molecular complexity index is 426. The topological polar surface area (TPSA) is 42.0 Å². The van der Waals surface area contributed by atoms with Crippen molar-refractivity contribution < 1.29 is 14.3 Å². The van der Waals surface area contributed by atoms with Gasteiger partial charge in [0.05, 0.1) is 18.8 Å². The summed E-state index contributed by atoms with van der Waals surface area (Å²) in [5.74, 6) is -0.262. The number of hydrogen-bond donors (Lipinski definition) is 0. The standard InChI is InChI=1S/C15H24N2O3/c1-16-11-14(17(2)12(16)18)9-13(10-14)3-5-15(6-4-13)19-7-8-20-15/h3-11H2,1-2H3. The van der Waals surface area contributed by atoms with Crippen molar-refractivity contribution in [1.82, 2.24) is 9.80 Å². The van der Waals surface area contributed by atoms with Gasteiger partial charge in [0.15, 0.2) is 5.79 Å². The number of amides is 2. The molecule has 0 unspecified atom stereocenters. The molecule has 4 fully saturated rings. The Morgan fingerprint density at radius 2 is 1.60 bits per heavy atom. The molecule has 2 amide bonds. The fourth-order valence-corrected chi connectivity index (χ4v) is 5.07. The summed E-state index contributed by atoms with van der Waals surface area (Å²) in [7, 11) is 3.88. The van der Waals surface area contributed by atoms with E-state index in [2.05, 4.69) is 0 Å². The maximum Gasteiger partial charge on any atom is 0.320 e. The third-order valence-electron chi connectivity index (χ3n) is 6.15. The average Bonchev–Trinajstić information content (AvgIpc) is 2.93. The molecular weight excluding hydrogens is 256 g/mol. The van der Waals surface area contributed by atoms with Gasteiger partial charge >= 0.3 is 6.03 Å². The van der Waals surface area contributed by atoms with E-state index in [0.717, 1.165) is 45.4 Å². The van der Waals surface area contributed by atoms with E-state index in [-0.39, 0.29) is 17.4 Å². The van der Waals surface area contributed by atoms with Gasteiger partial charge in [-0.05, 0) is 31.1 Å². The molecule has 0 aromatic rings. The lowest BCUT2D eigenvalue weighted by atomic mass is 9.51. The average molecular weight is 280 g/mol. The Morgan fingerprint density at radius 1 is 1.00 bits per heavy atom. The van der Waals surface area contributed by atoms with Crippen LogP contribution in [0.25, 0.3) is 0 Å².